The van der Waals surface area contributed by atoms with Crippen LogP contribution in [0.3, 0.4) is 0 Å². The van der Waals surface area contributed by atoms with Crippen LogP contribution in [0.2, 0.25) is 5.02 Å². The summed E-state index contributed by atoms with van der Waals surface area (Å²) in [6.45, 7) is 6.62. The predicted molar refractivity (Wildman–Crippen MR) is 127 cm³/mol. The molecule has 0 unspecified atom stereocenters. The molecule has 32 heavy (non-hydrogen) atoms. The van der Waals surface area contributed by atoms with E-state index in [1.165, 1.54) is 0 Å². The second-order valence-electron chi connectivity index (χ2n) is 8.09. The van der Waals surface area contributed by atoms with Gasteiger partial charge in [-0.15, -0.1) is 12.4 Å². The van der Waals surface area contributed by atoms with Gasteiger partial charge in [0.15, 0.2) is 17.0 Å². The first-order chi connectivity index (χ1) is 15.2. The van der Waals surface area contributed by atoms with Crippen molar-refractivity contribution in [1.29, 1.82) is 0 Å². The van der Waals surface area contributed by atoms with Crippen LogP contribution in [0.4, 0.5) is 10.2 Å². The van der Waals surface area contributed by atoms with E-state index in [-0.39, 0.29) is 25.1 Å². The molecule has 3 aromatic rings. The molecule has 10 heteroatoms. The Hall–Kier alpha value is -2.00. The minimum absolute atomic E-state index is 0. The molecule has 0 spiro atoms. The van der Waals surface area contributed by atoms with Crippen LogP contribution >= 0.6 is 24.0 Å². The van der Waals surface area contributed by atoms with Gasteiger partial charge in [0, 0.05) is 44.9 Å². The molecule has 172 valence electrons. The molecule has 0 aliphatic carbocycles. The largest absolute Gasteiger partial charge is 0.379 e. The van der Waals surface area contributed by atoms with Gasteiger partial charge in [-0.3, -0.25) is 4.90 Å². The molecule has 0 radical (unpaired) electrons. The van der Waals surface area contributed by atoms with Gasteiger partial charge in [-0.25, -0.2) is 19.3 Å². The predicted octanol–water partition coefficient (Wildman–Crippen LogP) is 3.93. The molecule has 2 aliphatic rings. The first-order valence-electron chi connectivity index (χ1n) is 10.8. The molecule has 0 bridgehead atoms. The number of hydrogen-bond donors (Lipinski definition) is 0. The van der Waals surface area contributed by atoms with E-state index in [2.05, 4.69) is 14.4 Å². The summed E-state index contributed by atoms with van der Waals surface area (Å²) in [4.78, 5) is 19.0. The Bertz CT molecular complexity index is 1080. The third-order valence-corrected chi connectivity index (χ3v) is 6.42. The quantitative estimate of drug-likeness (QED) is 0.551. The van der Waals surface area contributed by atoms with Crippen molar-refractivity contribution in [1.82, 2.24) is 24.4 Å². The molecule has 2 fully saturated rings. The molecule has 1 aromatic carbocycles. The van der Waals surface area contributed by atoms with E-state index < -0.39 is 0 Å². The average molecular weight is 481 g/mol. The number of benzene rings is 1. The summed E-state index contributed by atoms with van der Waals surface area (Å²) >= 11 is 6.56. The Kier molecular flexibility index (Phi) is 7.14. The molecule has 2 saturated heterocycles. The molecule has 5 rings (SSSR count). The molecule has 0 saturated carbocycles. The number of piperazine rings is 1. The highest BCUT2D eigenvalue weighted by atomic mass is 35.5. The lowest BCUT2D eigenvalue weighted by atomic mass is 10.2. The van der Waals surface area contributed by atoms with Gasteiger partial charge in [-0.05, 0) is 25.5 Å². The van der Waals surface area contributed by atoms with Crippen LogP contribution in [-0.2, 0) is 4.74 Å². The van der Waals surface area contributed by atoms with Crippen molar-refractivity contribution in [3.63, 3.8) is 0 Å². The molecular weight excluding hydrogens is 454 g/mol. The standard InChI is InChI=1S/C22H26ClFN6O.ClH/c1-15-25-21(29-11-9-28(8-7-24)10-12-29)19-22(26-15)30(16-6-13-31-14-16)20(27-19)17-4-2-3-5-18(17)23;/h2-5,16H,6-14H2,1H3;1H/t16-;/m0./s1. The number of imidazole rings is 1. The number of nitrogens with zero attached hydrogens (tertiary/aromatic N) is 6. The van der Waals surface area contributed by atoms with Crippen molar-refractivity contribution in [2.45, 2.75) is 19.4 Å². The van der Waals surface area contributed by atoms with E-state index in [4.69, 9.17) is 31.3 Å². The maximum atomic E-state index is 12.7. The fourth-order valence-corrected chi connectivity index (χ4v) is 4.71. The van der Waals surface area contributed by atoms with Crippen molar-refractivity contribution in [3.8, 4) is 11.4 Å². The first kappa shape index (κ1) is 23.2. The SMILES string of the molecule is Cc1nc(N2CCN(CCF)CC2)c2nc(-c3ccccc3Cl)n([C@H]3CCOC3)c2n1.Cl. The first-order valence-corrected chi connectivity index (χ1v) is 11.2. The number of aryl methyl sites for hydroxylation is 1. The zero-order valence-corrected chi connectivity index (χ0v) is 19.6. The molecule has 2 aromatic heterocycles. The zero-order chi connectivity index (χ0) is 21.4. The topological polar surface area (TPSA) is 59.3 Å². The van der Waals surface area contributed by atoms with Crippen LogP contribution in [0.5, 0.6) is 0 Å². The van der Waals surface area contributed by atoms with Crippen LogP contribution < -0.4 is 4.90 Å². The number of fused-ring (bicyclic) bond motifs is 1. The summed E-state index contributed by atoms with van der Waals surface area (Å²) in [6, 6.07) is 7.92. The van der Waals surface area contributed by atoms with Gasteiger partial charge in [-0.2, -0.15) is 0 Å². The van der Waals surface area contributed by atoms with Gasteiger partial charge in [0.2, 0.25) is 0 Å². The Morgan fingerprint density at radius 3 is 2.59 bits per heavy atom. The molecule has 7 nitrogen and oxygen atoms in total. The van der Waals surface area contributed by atoms with E-state index in [1.807, 2.05) is 31.2 Å². The lowest BCUT2D eigenvalue weighted by Gasteiger charge is -2.35. The highest BCUT2D eigenvalue weighted by Gasteiger charge is 2.29. The van der Waals surface area contributed by atoms with Gasteiger partial charge in [0.1, 0.15) is 18.3 Å². The molecule has 1 atom stereocenters. The number of anilines is 1. The van der Waals surface area contributed by atoms with E-state index in [1.54, 1.807) is 0 Å². The number of alkyl halides is 1. The van der Waals surface area contributed by atoms with Crippen molar-refractivity contribution < 1.29 is 9.13 Å². The van der Waals surface area contributed by atoms with Crippen LogP contribution in [0, 0.1) is 6.92 Å². The molecule has 0 N–H and O–H groups in total. The summed E-state index contributed by atoms with van der Waals surface area (Å²) in [5.74, 6) is 2.35. The van der Waals surface area contributed by atoms with Crippen LogP contribution in [-0.4, -0.2) is 77.0 Å². The number of aromatic nitrogens is 4. The number of hydrogen-bond acceptors (Lipinski definition) is 6. The van der Waals surface area contributed by atoms with Crippen molar-refractivity contribution in [2.24, 2.45) is 0 Å². The van der Waals surface area contributed by atoms with E-state index in [9.17, 15) is 4.39 Å². The number of rotatable bonds is 5. The third kappa shape index (κ3) is 4.29. The lowest BCUT2D eigenvalue weighted by Crippen LogP contribution is -2.47. The smallest absolute Gasteiger partial charge is 0.166 e. The molecule has 0 amide bonds. The van der Waals surface area contributed by atoms with E-state index in [0.29, 0.717) is 24.0 Å². The van der Waals surface area contributed by atoms with Gasteiger partial charge >= 0.3 is 0 Å². The summed E-state index contributed by atoms with van der Waals surface area (Å²) in [7, 11) is 0. The lowest BCUT2D eigenvalue weighted by molar-refractivity contribution is 0.187. The number of ether oxygens (including phenoxy) is 1. The highest BCUT2D eigenvalue weighted by molar-refractivity contribution is 6.33. The Balaban J connectivity index is 0.00000245. The summed E-state index contributed by atoms with van der Waals surface area (Å²) < 4.78 is 20.6. The fraction of sp³-hybridized carbons (Fsp3) is 0.500. The van der Waals surface area contributed by atoms with Crippen molar-refractivity contribution in [3.05, 3.63) is 35.1 Å². The Morgan fingerprint density at radius 1 is 1.12 bits per heavy atom. The minimum Gasteiger partial charge on any atom is -0.379 e. The van der Waals surface area contributed by atoms with E-state index in [0.717, 1.165) is 67.6 Å². The Labute approximate surface area is 198 Å². The molecular formula is C22H27Cl2FN6O. The fourth-order valence-electron chi connectivity index (χ4n) is 4.49. The average Bonchev–Trinajstić information content (AvgIpc) is 3.42. The van der Waals surface area contributed by atoms with Gasteiger partial charge < -0.3 is 14.2 Å². The molecule has 2 aliphatic heterocycles. The summed E-state index contributed by atoms with van der Waals surface area (Å²) in [6.07, 6.45) is 0.906. The van der Waals surface area contributed by atoms with Gasteiger partial charge in [-0.1, -0.05) is 23.7 Å². The third-order valence-electron chi connectivity index (χ3n) is 6.09. The van der Waals surface area contributed by atoms with E-state index >= 15 is 0 Å². The normalized spacial score (nSPS) is 19.5. The van der Waals surface area contributed by atoms with Crippen molar-refractivity contribution >= 4 is 41.0 Å². The maximum absolute atomic E-state index is 12.7. The molecule has 4 heterocycles. The van der Waals surface area contributed by atoms with Gasteiger partial charge in [0.25, 0.3) is 0 Å². The minimum atomic E-state index is -0.314. The monoisotopic (exact) mass is 480 g/mol. The highest BCUT2D eigenvalue weighted by Crippen LogP contribution is 2.36. The zero-order valence-electron chi connectivity index (χ0n) is 18.0. The summed E-state index contributed by atoms with van der Waals surface area (Å²) in [5.41, 5.74) is 2.48. The summed E-state index contributed by atoms with van der Waals surface area (Å²) in [5, 5.41) is 0.657. The van der Waals surface area contributed by atoms with Crippen LogP contribution in [0.15, 0.2) is 24.3 Å². The second kappa shape index (κ2) is 9.87. The Morgan fingerprint density at radius 2 is 1.91 bits per heavy atom. The van der Waals surface area contributed by atoms with Crippen molar-refractivity contribution in [2.75, 3.05) is 57.5 Å². The van der Waals surface area contributed by atoms with Gasteiger partial charge in [0.05, 0.1) is 17.7 Å². The maximum Gasteiger partial charge on any atom is 0.166 e. The second-order valence-corrected chi connectivity index (χ2v) is 8.49. The van der Waals surface area contributed by atoms with Crippen LogP contribution in [0.1, 0.15) is 18.3 Å². The number of halogens is 3. The van der Waals surface area contributed by atoms with Crippen LogP contribution in [0.25, 0.3) is 22.6 Å².